The molecule has 0 saturated carbocycles. The molecule has 0 spiro atoms. The molecule has 0 fully saturated rings. The lowest BCUT2D eigenvalue weighted by Gasteiger charge is -2.07. The van der Waals surface area contributed by atoms with E-state index in [-0.39, 0.29) is 5.91 Å². The van der Waals surface area contributed by atoms with Gasteiger partial charge in [0.25, 0.3) is 5.91 Å². The van der Waals surface area contributed by atoms with Gasteiger partial charge in [-0.15, -0.1) is 0 Å². The predicted octanol–water partition coefficient (Wildman–Crippen LogP) is 1.84. The lowest BCUT2D eigenvalue weighted by Crippen LogP contribution is -2.22. The minimum absolute atomic E-state index is 0.124. The van der Waals surface area contributed by atoms with Gasteiger partial charge in [-0.3, -0.25) is 9.36 Å². The van der Waals surface area contributed by atoms with Crippen molar-refractivity contribution in [2.75, 3.05) is 0 Å². The summed E-state index contributed by atoms with van der Waals surface area (Å²) in [5.74, 6) is 0.659. The number of aromatic nitrogens is 6. The van der Waals surface area contributed by atoms with Crippen LogP contribution in [0.15, 0.2) is 74.0 Å². The second kappa shape index (κ2) is 7.61. The molecule has 4 rings (SSSR count). The largest absolute Gasteiger partial charge is 0.348 e. The molecule has 0 aliphatic heterocycles. The lowest BCUT2D eigenvalue weighted by molar-refractivity contribution is 0.0951. The molecule has 0 saturated heterocycles. The third kappa shape index (κ3) is 4.06. The van der Waals surface area contributed by atoms with E-state index in [2.05, 4.69) is 25.4 Å². The van der Waals surface area contributed by atoms with Gasteiger partial charge < -0.3 is 5.32 Å². The molecule has 0 aliphatic rings. The number of hydrogen-bond acceptors (Lipinski definition) is 5. The summed E-state index contributed by atoms with van der Waals surface area (Å²) in [5, 5.41) is 6.98. The maximum absolute atomic E-state index is 12.3. The molecule has 4 aromatic rings. The quantitative estimate of drug-likeness (QED) is 0.567. The van der Waals surface area contributed by atoms with Crippen molar-refractivity contribution in [2.24, 2.45) is 0 Å². The summed E-state index contributed by atoms with van der Waals surface area (Å²) in [4.78, 5) is 24.6. The van der Waals surface area contributed by atoms with Crippen LogP contribution < -0.4 is 5.32 Å². The van der Waals surface area contributed by atoms with Crippen molar-refractivity contribution in [3.05, 3.63) is 90.7 Å². The summed E-state index contributed by atoms with van der Waals surface area (Å²) in [5.41, 5.74) is 2.59. The van der Waals surface area contributed by atoms with Crippen molar-refractivity contribution in [3.63, 3.8) is 0 Å². The molecule has 0 bridgehead atoms. The Balaban J connectivity index is 1.33. The Hall–Kier alpha value is -3.81. The normalized spacial score (nSPS) is 10.7. The van der Waals surface area contributed by atoms with Crippen LogP contribution in [0.2, 0.25) is 0 Å². The molecule has 3 aromatic heterocycles. The highest BCUT2D eigenvalue weighted by molar-refractivity contribution is 5.94. The van der Waals surface area contributed by atoms with Gasteiger partial charge in [0, 0.05) is 30.7 Å². The first-order chi connectivity index (χ1) is 13.3. The van der Waals surface area contributed by atoms with Crippen molar-refractivity contribution in [1.29, 1.82) is 0 Å². The number of nitrogens with zero attached hydrogens (tertiary/aromatic N) is 6. The zero-order valence-electron chi connectivity index (χ0n) is 14.4. The number of benzene rings is 1. The highest BCUT2D eigenvalue weighted by atomic mass is 16.1. The predicted molar refractivity (Wildman–Crippen MR) is 98.1 cm³/mol. The first-order valence-electron chi connectivity index (χ1n) is 8.41. The molecule has 8 heteroatoms. The summed E-state index contributed by atoms with van der Waals surface area (Å²) >= 11 is 0. The Morgan fingerprint density at radius 3 is 2.52 bits per heavy atom. The average Bonchev–Trinajstić information content (AvgIpc) is 3.41. The minimum atomic E-state index is -0.124. The van der Waals surface area contributed by atoms with Crippen LogP contribution in [0.1, 0.15) is 21.5 Å². The number of imidazole rings is 1. The molecule has 3 heterocycles. The summed E-state index contributed by atoms with van der Waals surface area (Å²) < 4.78 is 3.55. The van der Waals surface area contributed by atoms with Gasteiger partial charge in [-0.25, -0.2) is 19.6 Å². The second-order valence-corrected chi connectivity index (χ2v) is 5.97. The summed E-state index contributed by atoms with van der Waals surface area (Å²) in [6.07, 6.45) is 10.1. The van der Waals surface area contributed by atoms with E-state index in [1.54, 1.807) is 29.7 Å². The van der Waals surface area contributed by atoms with E-state index in [0.29, 0.717) is 18.7 Å². The SMILES string of the molecule is O=C(NCc1ccc(-n2ccnc2)nc1)c1ccc(Cn2cncn2)cc1. The topological polar surface area (TPSA) is 90.5 Å². The standard InChI is InChI=1S/C19H17N7O/c27-19(17-4-1-15(2-5-17)11-26-14-21-12-24-26)23-10-16-3-6-18(22-9-16)25-8-7-20-13-25/h1-9,12-14H,10-11H2,(H,23,27). The molecule has 0 aliphatic carbocycles. The van der Waals surface area contributed by atoms with Crippen LogP contribution in [0, 0.1) is 0 Å². The van der Waals surface area contributed by atoms with Crippen LogP contribution >= 0.6 is 0 Å². The van der Waals surface area contributed by atoms with E-state index in [4.69, 9.17) is 0 Å². The molecule has 134 valence electrons. The van der Waals surface area contributed by atoms with Gasteiger partial charge in [0.05, 0.1) is 6.54 Å². The zero-order chi connectivity index (χ0) is 18.5. The molecule has 1 N–H and O–H groups in total. The number of amides is 1. The third-order valence-corrected chi connectivity index (χ3v) is 4.06. The Morgan fingerprint density at radius 2 is 1.85 bits per heavy atom. The summed E-state index contributed by atoms with van der Waals surface area (Å²) in [7, 11) is 0. The van der Waals surface area contributed by atoms with Gasteiger partial charge in [-0.05, 0) is 29.3 Å². The van der Waals surface area contributed by atoms with Crippen LogP contribution in [0.3, 0.4) is 0 Å². The Labute approximate surface area is 155 Å². The maximum atomic E-state index is 12.3. The van der Waals surface area contributed by atoms with Gasteiger partial charge in [0.15, 0.2) is 0 Å². The Morgan fingerprint density at radius 1 is 1.00 bits per heavy atom. The van der Waals surface area contributed by atoms with Crippen LogP contribution in [0.25, 0.3) is 5.82 Å². The zero-order valence-corrected chi connectivity index (χ0v) is 14.4. The fourth-order valence-corrected chi connectivity index (χ4v) is 2.62. The van der Waals surface area contributed by atoms with E-state index in [1.165, 1.54) is 6.33 Å². The molecule has 27 heavy (non-hydrogen) atoms. The molecule has 0 atom stereocenters. The van der Waals surface area contributed by atoms with E-state index in [0.717, 1.165) is 16.9 Å². The Kier molecular flexibility index (Phi) is 4.69. The van der Waals surface area contributed by atoms with Crippen molar-refractivity contribution in [2.45, 2.75) is 13.1 Å². The number of pyridine rings is 1. The average molecular weight is 359 g/mol. The minimum Gasteiger partial charge on any atom is -0.348 e. The first kappa shape index (κ1) is 16.6. The molecular weight excluding hydrogens is 342 g/mol. The third-order valence-electron chi connectivity index (χ3n) is 4.06. The van der Waals surface area contributed by atoms with Gasteiger partial charge in [-0.2, -0.15) is 5.10 Å². The van der Waals surface area contributed by atoms with Gasteiger partial charge >= 0.3 is 0 Å². The van der Waals surface area contributed by atoms with Crippen LogP contribution in [-0.2, 0) is 13.1 Å². The number of rotatable bonds is 6. The monoisotopic (exact) mass is 359 g/mol. The number of nitrogens with one attached hydrogen (secondary N) is 1. The first-order valence-corrected chi connectivity index (χ1v) is 8.41. The molecule has 0 unspecified atom stereocenters. The van der Waals surface area contributed by atoms with Crippen LogP contribution in [-0.4, -0.2) is 35.2 Å². The van der Waals surface area contributed by atoms with Crippen molar-refractivity contribution in [1.82, 2.24) is 34.6 Å². The van der Waals surface area contributed by atoms with Crippen LogP contribution in [0.5, 0.6) is 0 Å². The highest BCUT2D eigenvalue weighted by Gasteiger charge is 2.06. The number of hydrogen-bond donors (Lipinski definition) is 1. The van der Waals surface area contributed by atoms with E-state index < -0.39 is 0 Å². The summed E-state index contributed by atoms with van der Waals surface area (Å²) in [6, 6.07) is 11.3. The lowest BCUT2D eigenvalue weighted by atomic mass is 10.1. The van der Waals surface area contributed by atoms with E-state index in [1.807, 2.05) is 47.2 Å². The van der Waals surface area contributed by atoms with E-state index in [9.17, 15) is 4.79 Å². The van der Waals surface area contributed by atoms with Crippen molar-refractivity contribution < 1.29 is 4.79 Å². The van der Waals surface area contributed by atoms with Gasteiger partial charge in [-0.1, -0.05) is 18.2 Å². The molecule has 1 amide bonds. The molecule has 0 radical (unpaired) electrons. The maximum Gasteiger partial charge on any atom is 0.251 e. The Bertz CT molecular complexity index is 991. The van der Waals surface area contributed by atoms with E-state index >= 15 is 0 Å². The number of carbonyl (C=O) groups is 1. The van der Waals surface area contributed by atoms with Crippen molar-refractivity contribution in [3.8, 4) is 5.82 Å². The van der Waals surface area contributed by atoms with Crippen LogP contribution in [0.4, 0.5) is 0 Å². The summed E-state index contributed by atoms with van der Waals surface area (Å²) in [6.45, 7) is 1.04. The number of carbonyl (C=O) groups excluding carboxylic acids is 1. The molecule has 8 nitrogen and oxygen atoms in total. The van der Waals surface area contributed by atoms with Gasteiger partial charge in [0.1, 0.15) is 24.8 Å². The highest BCUT2D eigenvalue weighted by Crippen LogP contribution is 2.08. The van der Waals surface area contributed by atoms with Gasteiger partial charge in [0.2, 0.25) is 0 Å². The fraction of sp³-hybridized carbons (Fsp3) is 0.105. The second-order valence-electron chi connectivity index (χ2n) is 5.97. The smallest absolute Gasteiger partial charge is 0.251 e. The molecule has 1 aromatic carbocycles. The molecular formula is C19H17N7O. The fourth-order valence-electron chi connectivity index (χ4n) is 2.62. The van der Waals surface area contributed by atoms with Crippen molar-refractivity contribution >= 4 is 5.91 Å².